The van der Waals surface area contributed by atoms with Gasteiger partial charge in [-0.2, -0.15) is 0 Å². The third kappa shape index (κ3) is 3.32. The molecule has 2 unspecified atom stereocenters. The van der Waals surface area contributed by atoms with Gasteiger partial charge in [-0.1, -0.05) is 17.7 Å². The predicted octanol–water partition coefficient (Wildman–Crippen LogP) is 2.29. The molecule has 1 aromatic carbocycles. The predicted molar refractivity (Wildman–Crippen MR) is 66.7 cm³/mol. The van der Waals surface area contributed by atoms with Crippen LogP contribution in [-0.4, -0.2) is 22.4 Å². The van der Waals surface area contributed by atoms with E-state index < -0.39 is 12.2 Å². The summed E-state index contributed by atoms with van der Waals surface area (Å²) in [6.45, 7) is 7.92. The largest absolute Gasteiger partial charge is 0.391 e. The smallest absolute Gasteiger partial charge is 0.0799 e. The van der Waals surface area contributed by atoms with Gasteiger partial charge in [-0.05, 0) is 57.2 Å². The van der Waals surface area contributed by atoms with E-state index in [1.807, 2.05) is 0 Å². The summed E-state index contributed by atoms with van der Waals surface area (Å²) < 4.78 is 0. The van der Waals surface area contributed by atoms with Crippen molar-refractivity contribution in [1.29, 1.82) is 0 Å². The zero-order valence-corrected chi connectivity index (χ0v) is 10.6. The lowest BCUT2D eigenvalue weighted by Gasteiger charge is -2.16. The molecule has 0 saturated heterocycles. The van der Waals surface area contributed by atoms with E-state index in [1.165, 1.54) is 22.3 Å². The van der Waals surface area contributed by atoms with Crippen molar-refractivity contribution in [2.45, 2.75) is 52.7 Å². The number of benzene rings is 1. The van der Waals surface area contributed by atoms with Gasteiger partial charge in [0.05, 0.1) is 12.2 Å². The maximum atomic E-state index is 9.57. The molecule has 0 aliphatic rings. The Bertz CT molecular complexity index is 333. The van der Waals surface area contributed by atoms with Gasteiger partial charge in [0.1, 0.15) is 0 Å². The van der Waals surface area contributed by atoms with E-state index in [2.05, 4.69) is 32.9 Å². The van der Waals surface area contributed by atoms with E-state index in [9.17, 15) is 10.2 Å². The van der Waals surface area contributed by atoms with Crippen molar-refractivity contribution in [2.24, 2.45) is 0 Å². The number of aliphatic hydroxyl groups is 2. The molecule has 2 N–H and O–H groups in total. The van der Waals surface area contributed by atoms with Crippen LogP contribution in [-0.2, 0) is 6.42 Å². The van der Waals surface area contributed by atoms with E-state index in [0.29, 0.717) is 6.42 Å². The van der Waals surface area contributed by atoms with E-state index in [1.54, 1.807) is 6.92 Å². The number of aryl methyl sites for hydroxylation is 3. The zero-order chi connectivity index (χ0) is 12.3. The molecule has 0 bridgehead atoms. The van der Waals surface area contributed by atoms with E-state index >= 15 is 0 Å². The van der Waals surface area contributed by atoms with Gasteiger partial charge < -0.3 is 10.2 Å². The number of rotatable bonds is 4. The molecular formula is C14H22O2. The minimum Gasteiger partial charge on any atom is -0.391 e. The third-order valence-corrected chi connectivity index (χ3v) is 3.09. The summed E-state index contributed by atoms with van der Waals surface area (Å²) in [7, 11) is 0. The van der Waals surface area contributed by atoms with E-state index in [-0.39, 0.29) is 0 Å². The highest BCUT2D eigenvalue weighted by molar-refractivity contribution is 5.37. The van der Waals surface area contributed by atoms with E-state index in [0.717, 1.165) is 6.42 Å². The highest BCUT2D eigenvalue weighted by atomic mass is 16.3. The molecule has 2 atom stereocenters. The molecule has 1 aromatic rings. The Labute approximate surface area is 97.9 Å². The average molecular weight is 222 g/mol. The standard InChI is InChI=1S/C14H22O2/c1-9-7-10(2)13(11(3)8-9)5-6-14(16)12(4)15/h7-8,12,14-16H,5-6H2,1-4H3. The maximum absolute atomic E-state index is 9.57. The van der Waals surface area contributed by atoms with Gasteiger partial charge in [0.2, 0.25) is 0 Å². The summed E-state index contributed by atoms with van der Waals surface area (Å²) in [5, 5.41) is 18.8. The first-order chi connectivity index (χ1) is 7.41. The maximum Gasteiger partial charge on any atom is 0.0799 e. The first kappa shape index (κ1) is 13.2. The van der Waals surface area contributed by atoms with Crippen LogP contribution in [0.3, 0.4) is 0 Å². The van der Waals surface area contributed by atoms with Gasteiger partial charge in [-0.3, -0.25) is 0 Å². The lowest BCUT2D eigenvalue weighted by atomic mass is 9.94. The lowest BCUT2D eigenvalue weighted by Crippen LogP contribution is -2.23. The molecule has 0 aliphatic carbocycles. The van der Waals surface area contributed by atoms with Gasteiger partial charge in [0.25, 0.3) is 0 Å². The Morgan fingerprint density at radius 2 is 1.56 bits per heavy atom. The summed E-state index contributed by atoms with van der Waals surface area (Å²) in [6.07, 6.45) is 0.165. The molecule has 1 rings (SSSR count). The second-order valence-electron chi connectivity index (χ2n) is 4.72. The SMILES string of the molecule is Cc1cc(C)c(CCC(O)C(C)O)c(C)c1. The van der Waals surface area contributed by atoms with Crippen LogP contribution in [0.15, 0.2) is 12.1 Å². The number of aliphatic hydroxyl groups excluding tert-OH is 2. The van der Waals surface area contributed by atoms with Crippen molar-refractivity contribution >= 4 is 0 Å². The topological polar surface area (TPSA) is 40.5 Å². The van der Waals surface area contributed by atoms with Gasteiger partial charge >= 0.3 is 0 Å². The molecule has 0 fully saturated rings. The van der Waals surface area contributed by atoms with Crippen LogP contribution in [0.25, 0.3) is 0 Å². The van der Waals surface area contributed by atoms with Gasteiger partial charge in [-0.15, -0.1) is 0 Å². The molecule has 0 aromatic heterocycles. The molecule has 2 heteroatoms. The second kappa shape index (κ2) is 5.46. The normalized spacial score (nSPS) is 14.9. The van der Waals surface area contributed by atoms with Gasteiger partial charge in [0, 0.05) is 0 Å². The molecule has 0 aliphatic heterocycles. The van der Waals surface area contributed by atoms with Crippen LogP contribution in [0.5, 0.6) is 0 Å². The van der Waals surface area contributed by atoms with Gasteiger partial charge in [0.15, 0.2) is 0 Å². The number of hydrogen-bond donors (Lipinski definition) is 2. The lowest BCUT2D eigenvalue weighted by molar-refractivity contribution is 0.0265. The van der Waals surface area contributed by atoms with Crippen LogP contribution in [0.4, 0.5) is 0 Å². The molecule has 0 spiro atoms. The van der Waals surface area contributed by atoms with Crippen LogP contribution < -0.4 is 0 Å². The van der Waals surface area contributed by atoms with Crippen molar-refractivity contribution in [1.82, 2.24) is 0 Å². The van der Waals surface area contributed by atoms with Crippen molar-refractivity contribution in [3.05, 3.63) is 34.4 Å². The van der Waals surface area contributed by atoms with Gasteiger partial charge in [-0.25, -0.2) is 0 Å². The Morgan fingerprint density at radius 3 is 2.00 bits per heavy atom. The van der Waals surface area contributed by atoms with Crippen molar-refractivity contribution < 1.29 is 10.2 Å². The molecule has 0 heterocycles. The molecule has 16 heavy (non-hydrogen) atoms. The zero-order valence-electron chi connectivity index (χ0n) is 10.6. The molecule has 0 amide bonds. The summed E-state index contributed by atoms with van der Waals surface area (Å²) in [5.41, 5.74) is 5.12. The van der Waals surface area contributed by atoms with Crippen LogP contribution in [0.2, 0.25) is 0 Å². The van der Waals surface area contributed by atoms with Crippen molar-refractivity contribution in [2.75, 3.05) is 0 Å². The molecule has 90 valence electrons. The van der Waals surface area contributed by atoms with Crippen LogP contribution in [0, 0.1) is 20.8 Å². The van der Waals surface area contributed by atoms with Crippen molar-refractivity contribution in [3.63, 3.8) is 0 Å². The fourth-order valence-corrected chi connectivity index (χ4v) is 2.14. The van der Waals surface area contributed by atoms with Crippen LogP contribution >= 0.6 is 0 Å². The monoisotopic (exact) mass is 222 g/mol. The summed E-state index contributed by atoms with van der Waals surface area (Å²) in [5.74, 6) is 0. The van der Waals surface area contributed by atoms with Crippen molar-refractivity contribution in [3.8, 4) is 0 Å². The second-order valence-corrected chi connectivity index (χ2v) is 4.72. The Kier molecular flexibility index (Phi) is 4.51. The molecular weight excluding hydrogens is 200 g/mol. The highest BCUT2D eigenvalue weighted by Crippen LogP contribution is 2.19. The summed E-state index contributed by atoms with van der Waals surface area (Å²) in [4.78, 5) is 0. The molecule has 0 radical (unpaired) electrons. The third-order valence-electron chi connectivity index (χ3n) is 3.09. The summed E-state index contributed by atoms with van der Waals surface area (Å²) >= 11 is 0. The fourth-order valence-electron chi connectivity index (χ4n) is 2.14. The summed E-state index contributed by atoms with van der Waals surface area (Å²) in [6, 6.07) is 4.33. The molecule has 0 saturated carbocycles. The fraction of sp³-hybridized carbons (Fsp3) is 0.571. The minimum atomic E-state index is -0.647. The van der Waals surface area contributed by atoms with E-state index in [4.69, 9.17) is 0 Å². The Balaban J connectivity index is 2.74. The number of hydrogen-bond acceptors (Lipinski definition) is 2. The quantitative estimate of drug-likeness (QED) is 0.820. The molecule has 2 nitrogen and oxygen atoms in total. The average Bonchev–Trinajstić information content (AvgIpc) is 2.15. The first-order valence-electron chi connectivity index (χ1n) is 5.84. The minimum absolute atomic E-state index is 0.613. The Hall–Kier alpha value is -0.860. The Morgan fingerprint density at radius 1 is 1.06 bits per heavy atom. The van der Waals surface area contributed by atoms with Crippen LogP contribution in [0.1, 0.15) is 35.6 Å². The highest BCUT2D eigenvalue weighted by Gasteiger charge is 2.12. The first-order valence-corrected chi connectivity index (χ1v) is 5.84.